The van der Waals surface area contributed by atoms with Gasteiger partial charge in [0.15, 0.2) is 11.6 Å². The molecule has 0 spiro atoms. The van der Waals surface area contributed by atoms with Crippen molar-refractivity contribution in [2.45, 2.75) is 25.2 Å². The van der Waals surface area contributed by atoms with Gasteiger partial charge in [0.1, 0.15) is 5.82 Å². The maximum Gasteiger partial charge on any atom is 0.157 e. The lowest BCUT2D eigenvalue weighted by Crippen LogP contribution is -2.20. The summed E-state index contributed by atoms with van der Waals surface area (Å²) in [4.78, 5) is 9.59. The minimum absolute atomic E-state index is 0.653. The average molecular weight is 332 g/mol. The van der Waals surface area contributed by atoms with Gasteiger partial charge in [-0.05, 0) is 43.5 Å². The van der Waals surface area contributed by atoms with Gasteiger partial charge in [0.05, 0.1) is 5.52 Å². The van der Waals surface area contributed by atoms with Crippen LogP contribution < -0.4 is 10.6 Å². The number of aromatic amines is 1. The molecule has 0 amide bonds. The van der Waals surface area contributed by atoms with Crippen molar-refractivity contribution in [3.63, 3.8) is 0 Å². The summed E-state index contributed by atoms with van der Waals surface area (Å²) < 4.78 is 0. The van der Waals surface area contributed by atoms with Crippen LogP contribution in [0.4, 0.5) is 11.6 Å². The fourth-order valence-corrected chi connectivity index (χ4v) is 3.27. The average Bonchev–Trinajstić information content (AvgIpc) is 3.42. The van der Waals surface area contributed by atoms with Gasteiger partial charge in [0.2, 0.25) is 0 Å². The molecule has 1 aliphatic carbocycles. The van der Waals surface area contributed by atoms with Crippen LogP contribution in [0.25, 0.3) is 16.5 Å². The number of hydrogen-bond donors (Lipinski definition) is 3. The number of para-hydroxylation sites is 1. The fourth-order valence-electron chi connectivity index (χ4n) is 3.27. The highest BCUT2D eigenvalue weighted by atomic mass is 15.2. The van der Waals surface area contributed by atoms with Crippen LogP contribution in [0.5, 0.6) is 0 Å². The summed E-state index contributed by atoms with van der Waals surface area (Å²) in [5.41, 5.74) is 3.36. The third-order valence-electron chi connectivity index (χ3n) is 4.82. The molecular formula is C19H20N6. The molecule has 0 radical (unpaired) electrons. The van der Waals surface area contributed by atoms with Crippen LogP contribution in [0.1, 0.15) is 36.7 Å². The Hall–Kier alpha value is -2.73. The first-order valence-corrected chi connectivity index (χ1v) is 8.86. The van der Waals surface area contributed by atoms with Crippen LogP contribution in [0.15, 0.2) is 36.4 Å². The lowest BCUT2D eigenvalue weighted by Gasteiger charge is -2.15. The van der Waals surface area contributed by atoms with E-state index in [9.17, 15) is 0 Å². The minimum atomic E-state index is 0.653. The number of anilines is 2. The number of rotatable bonds is 4. The number of benzene rings is 1. The van der Waals surface area contributed by atoms with E-state index in [1.165, 1.54) is 24.1 Å². The molecule has 3 N–H and O–H groups in total. The van der Waals surface area contributed by atoms with Gasteiger partial charge < -0.3 is 10.6 Å². The van der Waals surface area contributed by atoms with Gasteiger partial charge in [-0.3, -0.25) is 5.10 Å². The predicted molar refractivity (Wildman–Crippen MR) is 98.8 cm³/mol. The number of nitrogens with one attached hydrogen (secondary N) is 3. The van der Waals surface area contributed by atoms with E-state index in [-0.39, 0.29) is 0 Å². The van der Waals surface area contributed by atoms with Gasteiger partial charge in [-0.1, -0.05) is 18.2 Å². The molecule has 0 atom stereocenters. The fraction of sp³-hybridized carbons (Fsp3) is 0.316. The number of fused-ring (bicyclic) bond motifs is 1. The van der Waals surface area contributed by atoms with E-state index >= 15 is 0 Å². The summed E-state index contributed by atoms with van der Waals surface area (Å²) in [6.07, 6.45) is 5.64. The Labute approximate surface area is 145 Å². The Morgan fingerprint density at radius 3 is 2.88 bits per heavy atom. The molecular weight excluding hydrogens is 312 g/mol. The van der Waals surface area contributed by atoms with Crippen molar-refractivity contribution < 1.29 is 0 Å². The van der Waals surface area contributed by atoms with Gasteiger partial charge in [-0.2, -0.15) is 5.10 Å². The zero-order valence-electron chi connectivity index (χ0n) is 13.9. The van der Waals surface area contributed by atoms with Crippen molar-refractivity contribution >= 4 is 28.1 Å². The van der Waals surface area contributed by atoms with Gasteiger partial charge >= 0.3 is 0 Å². The smallest absolute Gasteiger partial charge is 0.157 e. The highest BCUT2D eigenvalue weighted by molar-refractivity contribution is 5.91. The molecule has 6 heteroatoms. The Bertz CT molecular complexity index is 953. The third kappa shape index (κ3) is 2.89. The minimum Gasteiger partial charge on any atom is -0.323 e. The molecule has 3 heterocycles. The van der Waals surface area contributed by atoms with Crippen molar-refractivity contribution in [1.82, 2.24) is 25.5 Å². The summed E-state index contributed by atoms with van der Waals surface area (Å²) in [5.74, 6) is 3.09. The van der Waals surface area contributed by atoms with Gasteiger partial charge in [-0.25, -0.2) is 9.97 Å². The first kappa shape index (κ1) is 14.6. The van der Waals surface area contributed by atoms with E-state index < -0.39 is 0 Å². The van der Waals surface area contributed by atoms with E-state index in [2.05, 4.69) is 33.0 Å². The number of hydrogen-bond acceptors (Lipinski definition) is 5. The molecule has 2 aromatic heterocycles. The Balaban J connectivity index is 1.55. The first-order valence-electron chi connectivity index (χ1n) is 8.86. The molecule has 0 saturated heterocycles. The standard InChI is InChI=1S/C19H20N6/c1-2-4-15-14(3-1)19(22-17-11-16(24-25-17)12-5-6-12)23-18(21-15)13-7-9-20-10-8-13/h1-4,7,11-12,20H,5-6,8-10H2,(H2,21,22,23,24,25). The number of nitrogens with zero attached hydrogens (tertiary/aromatic N) is 3. The van der Waals surface area contributed by atoms with E-state index in [1.807, 2.05) is 24.3 Å². The molecule has 126 valence electrons. The first-order chi connectivity index (χ1) is 12.4. The normalized spacial score (nSPS) is 17.5. The zero-order chi connectivity index (χ0) is 16.6. The van der Waals surface area contributed by atoms with Crippen molar-refractivity contribution in [3.05, 3.63) is 47.9 Å². The van der Waals surface area contributed by atoms with Crippen LogP contribution in [-0.2, 0) is 0 Å². The lowest BCUT2D eigenvalue weighted by atomic mass is 10.1. The molecule has 1 saturated carbocycles. The van der Waals surface area contributed by atoms with E-state index in [0.717, 1.165) is 47.9 Å². The number of H-pyrrole nitrogens is 1. The van der Waals surface area contributed by atoms with Gasteiger partial charge in [0, 0.05) is 29.6 Å². The Kier molecular flexibility index (Phi) is 3.48. The van der Waals surface area contributed by atoms with E-state index in [0.29, 0.717) is 5.92 Å². The van der Waals surface area contributed by atoms with Crippen LogP contribution in [0.2, 0.25) is 0 Å². The molecule has 1 aliphatic heterocycles. The lowest BCUT2D eigenvalue weighted by molar-refractivity contribution is 0.735. The second kappa shape index (κ2) is 5.97. The molecule has 0 bridgehead atoms. The Morgan fingerprint density at radius 2 is 2.04 bits per heavy atom. The monoisotopic (exact) mass is 332 g/mol. The summed E-state index contributed by atoms with van der Waals surface area (Å²) in [5, 5.41) is 15.3. The molecule has 5 rings (SSSR count). The molecule has 0 unspecified atom stereocenters. The maximum absolute atomic E-state index is 4.82. The molecule has 2 aliphatic rings. The van der Waals surface area contributed by atoms with Crippen molar-refractivity contribution in [2.24, 2.45) is 0 Å². The quantitative estimate of drug-likeness (QED) is 0.683. The largest absolute Gasteiger partial charge is 0.323 e. The summed E-state index contributed by atoms with van der Waals surface area (Å²) in [6, 6.07) is 10.2. The summed E-state index contributed by atoms with van der Waals surface area (Å²) >= 11 is 0. The second-order valence-electron chi connectivity index (χ2n) is 6.70. The van der Waals surface area contributed by atoms with Crippen molar-refractivity contribution in [2.75, 3.05) is 18.4 Å². The van der Waals surface area contributed by atoms with Crippen LogP contribution in [-0.4, -0.2) is 33.3 Å². The molecule has 3 aromatic rings. The highest BCUT2D eigenvalue weighted by Gasteiger charge is 2.25. The van der Waals surface area contributed by atoms with Gasteiger partial charge in [-0.15, -0.1) is 0 Å². The molecule has 1 fully saturated rings. The SMILES string of the molecule is C1=C(c2nc(Nc3cc(C4CC4)[nH]n3)c3ccccc3n2)CCNC1. The highest BCUT2D eigenvalue weighted by Crippen LogP contribution is 2.39. The zero-order valence-corrected chi connectivity index (χ0v) is 13.9. The van der Waals surface area contributed by atoms with Crippen LogP contribution >= 0.6 is 0 Å². The van der Waals surface area contributed by atoms with Gasteiger partial charge in [0.25, 0.3) is 0 Å². The van der Waals surface area contributed by atoms with E-state index in [1.54, 1.807) is 0 Å². The molecule has 1 aromatic carbocycles. The summed E-state index contributed by atoms with van der Waals surface area (Å²) in [7, 11) is 0. The maximum atomic E-state index is 4.82. The van der Waals surface area contributed by atoms with Crippen LogP contribution in [0, 0.1) is 0 Å². The number of aromatic nitrogens is 4. The third-order valence-corrected chi connectivity index (χ3v) is 4.82. The molecule has 6 nitrogen and oxygen atoms in total. The summed E-state index contributed by atoms with van der Waals surface area (Å²) in [6.45, 7) is 1.84. The topological polar surface area (TPSA) is 78.5 Å². The van der Waals surface area contributed by atoms with Crippen molar-refractivity contribution in [3.8, 4) is 0 Å². The molecule has 25 heavy (non-hydrogen) atoms. The van der Waals surface area contributed by atoms with Crippen molar-refractivity contribution in [1.29, 1.82) is 0 Å². The van der Waals surface area contributed by atoms with Crippen LogP contribution in [0.3, 0.4) is 0 Å². The second-order valence-corrected chi connectivity index (χ2v) is 6.70. The van der Waals surface area contributed by atoms with E-state index in [4.69, 9.17) is 9.97 Å². The predicted octanol–water partition coefficient (Wildman–Crippen LogP) is 3.35. The Morgan fingerprint density at radius 1 is 1.12 bits per heavy atom.